The van der Waals surface area contributed by atoms with E-state index in [9.17, 15) is 4.79 Å². The molecular formula is C23H24ClN3O3. The molecule has 1 aliphatic heterocycles. The average Bonchev–Trinajstić information content (AvgIpc) is 3.11. The van der Waals surface area contributed by atoms with Gasteiger partial charge in [0.05, 0.1) is 23.4 Å². The average molecular weight is 426 g/mol. The highest BCUT2D eigenvalue weighted by Gasteiger charge is 2.22. The molecule has 4 rings (SSSR count). The van der Waals surface area contributed by atoms with Gasteiger partial charge in [0.15, 0.2) is 0 Å². The Balaban J connectivity index is 1.37. The largest absolute Gasteiger partial charge is 0.497 e. The normalized spacial score (nSPS) is 15.1. The molecule has 1 fully saturated rings. The maximum atomic E-state index is 12.8. The summed E-state index contributed by atoms with van der Waals surface area (Å²) in [7, 11) is 1.64. The molecule has 0 bridgehead atoms. The van der Waals surface area contributed by atoms with Crippen LogP contribution in [-0.2, 0) is 6.54 Å². The summed E-state index contributed by atoms with van der Waals surface area (Å²) in [5, 5.41) is 0.497. The predicted octanol–water partition coefficient (Wildman–Crippen LogP) is 4.35. The summed E-state index contributed by atoms with van der Waals surface area (Å²) in [5.74, 6) is 1.38. The zero-order chi connectivity index (χ0) is 20.9. The van der Waals surface area contributed by atoms with Crippen LogP contribution in [0.5, 0.6) is 5.75 Å². The lowest BCUT2D eigenvalue weighted by molar-refractivity contribution is 0.0761. The number of methoxy groups -OCH3 is 1. The first-order valence-electron chi connectivity index (χ1n) is 9.99. The van der Waals surface area contributed by atoms with Gasteiger partial charge >= 0.3 is 0 Å². The van der Waals surface area contributed by atoms with E-state index in [0.29, 0.717) is 29.6 Å². The van der Waals surface area contributed by atoms with Crippen molar-refractivity contribution in [2.75, 3.05) is 33.3 Å². The van der Waals surface area contributed by atoms with Crippen LogP contribution in [0.15, 0.2) is 59.2 Å². The molecule has 0 radical (unpaired) electrons. The fourth-order valence-electron chi connectivity index (χ4n) is 3.61. The first-order chi connectivity index (χ1) is 14.6. The van der Waals surface area contributed by atoms with Crippen LogP contribution in [0.2, 0.25) is 5.02 Å². The van der Waals surface area contributed by atoms with Gasteiger partial charge in [-0.15, -0.1) is 0 Å². The summed E-state index contributed by atoms with van der Waals surface area (Å²) in [6.45, 7) is 3.75. The van der Waals surface area contributed by atoms with Gasteiger partial charge in [-0.2, -0.15) is 0 Å². The van der Waals surface area contributed by atoms with Crippen LogP contribution in [0.25, 0.3) is 11.5 Å². The van der Waals surface area contributed by atoms with Crippen molar-refractivity contribution in [2.45, 2.75) is 13.0 Å². The number of aromatic nitrogens is 1. The Kier molecular flexibility index (Phi) is 6.35. The van der Waals surface area contributed by atoms with E-state index in [0.717, 1.165) is 43.1 Å². The number of carbonyl (C=O) groups is 1. The molecule has 6 nitrogen and oxygen atoms in total. The smallest absolute Gasteiger partial charge is 0.255 e. The van der Waals surface area contributed by atoms with Crippen molar-refractivity contribution in [1.29, 1.82) is 0 Å². The lowest BCUT2D eigenvalue weighted by Gasteiger charge is -2.22. The number of nitrogens with zero attached hydrogens (tertiary/aromatic N) is 3. The van der Waals surface area contributed by atoms with Crippen LogP contribution in [-0.4, -0.2) is 54.0 Å². The first kappa shape index (κ1) is 20.4. The Morgan fingerprint density at radius 2 is 1.90 bits per heavy atom. The fraction of sp³-hybridized carbons (Fsp3) is 0.304. The molecule has 0 atom stereocenters. The molecule has 30 heavy (non-hydrogen) atoms. The van der Waals surface area contributed by atoms with Crippen LogP contribution < -0.4 is 4.74 Å². The molecule has 2 aromatic carbocycles. The van der Waals surface area contributed by atoms with E-state index < -0.39 is 0 Å². The van der Waals surface area contributed by atoms with Crippen molar-refractivity contribution in [3.63, 3.8) is 0 Å². The lowest BCUT2D eigenvalue weighted by Crippen LogP contribution is -2.35. The molecule has 0 aliphatic carbocycles. The molecular weight excluding hydrogens is 402 g/mol. The van der Waals surface area contributed by atoms with Crippen LogP contribution in [0, 0.1) is 0 Å². The van der Waals surface area contributed by atoms with Gasteiger partial charge in [-0.25, -0.2) is 4.98 Å². The van der Waals surface area contributed by atoms with E-state index in [2.05, 4.69) is 9.88 Å². The van der Waals surface area contributed by atoms with E-state index in [1.807, 2.05) is 41.3 Å². The fourth-order valence-corrected chi connectivity index (χ4v) is 3.83. The van der Waals surface area contributed by atoms with Gasteiger partial charge in [-0.1, -0.05) is 23.7 Å². The van der Waals surface area contributed by atoms with E-state index in [1.165, 1.54) is 0 Å². The number of halogens is 1. The highest BCUT2D eigenvalue weighted by molar-refractivity contribution is 6.33. The topological polar surface area (TPSA) is 58.8 Å². The summed E-state index contributed by atoms with van der Waals surface area (Å²) >= 11 is 6.20. The van der Waals surface area contributed by atoms with Crippen molar-refractivity contribution in [3.8, 4) is 17.2 Å². The standard InChI is InChI=1S/C23H24ClN3O3/c1-29-19-9-7-17(8-10-19)22-25-18(16-30-22)15-26-11-4-12-27(14-13-26)23(28)20-5-2-3-6-21(20)24/h2-3,5-10,16H,4,11-15H2,1H3. The van der Waals surface area contributed by atoms with Crippen molar-refractivity contribution >= 4 is 17.5 Å². The number of hydrogen-bond acceptors (Lipinski definition) is 5. The van der Waals surface area contributed by atoms with E-state index >= 15 is 0 Å². The van der Waals surface area contributed by atoms with E-state index in [-0.39, 0.29) is 5.91 Å². The molecule has 1 amide bonds. The van der Waals surface area contributed by atoms with Crippen molar-refractivity contribution in [2.24, 2.45) is 0 Å². The van der Waals surface area contributed by atoms with Crippen molar-refractivity contribution in [3.05, 3.63) is 71.1 Å². The van der Waals surface area contributed by atoms with Crippen molar-refractivity contribution < 1.29 is 13.9 Å². The molecule has 3 aromatic rings. The van der Waals surface area contributed by atoms with Gasteiger partial charge in [0, 0.05) is 38.3 Å². The molecule has 2 heterocycles. The zero-order valence-corrected chi connectivity index (χ0v) is 17.6. The number of amides is 1. The quantitative estimate of drug-likeness (QED) is 0.608. The van der Waals surface area contributed by atoms with Gasteiger partial charge in [0.25, 0.3) is 5.91 Å². The number of benzene rings is 2. The van der Waals surface area contributed by atoms with Gasteiger partial charge in [-0.05, 0) is 42.8 Å². The Hall–Kier alpha value is -2.83. The number of carbonyl (C=O) groups excluding carboxylic acids is 1. The second kappa shape index (κ2) is 9.32. The second-order valence-corrected chi connectivity index (χ2v) is 7.68. The Morgan fingerprint density at radius 1 is 1.10 bits per heavy atom. The molecule has 0 N–H and O–H groups in total. The monoisotopic (exact) mass is 425 g/mol. The van der Waals surface area contributed by atoms with Gasteiger partial charge < -0.3 is 14.1 Å². The highest BCUT2D eigenvalue weighted by Crippen LogP contribution is 2.23. The number of ether oxygens (including phenoxy) is 1. The minimum atomic E-state index is -0.00863. The van der Waals surface area contributed by atoms with E-state index in [4.69, 9.17) is 20.8 Å². The molecule has 7 heteroatoms. The third kappa shape index (κ3) is 4.66. The third-order valence-corrected chi connectivity index (χ3v) is 5.58. The molecule has 0 spiro atoms. The third-order valence-electron chi connectivity index (χ3n) is 5.25. The van der Waals surface area contributed by atoms with Crippen LogP contribution in [0.1, 0.15) is 22.5 Å². The van der Waals surface area contributed by atoms with Crippen LogP contribution >= 0.6 is 11.6 Å². The number of rotatable bonds is 5. The minimum absolute atomic E-state index is 0.00863. The summed E-state index contributed by atoms with van der Waals surface area (Å²) < 4.78 is 10.9. The second-order valence-electron chi connectivity index (χ2n) is 7.27. The minimum Gasteiger partial charge on any atom is -0.497 e. The molecule has 0 unspecified atom stereocenters. The Bertz CT molecular complexity index is 1000. The molecule has 156 valence electrons. The zero-order valence-electron chi connectivity index (χ0n) is 16.9. The maximum absolute atomic E-state index is 12.8. The summed E-state index contributed by atoms with van der Waals surface area (Å²) in [4.78, 5) is 21.6. The molecule has 1 aromatic heterocycles. The van der Waals surface area contributed by atoms with Gasteiger partial charge in [0.2, 0.25) is 5.89 Å². The first-order valence-corrected chi connectivity index (χ1v) is 10.4. The number of hydrogen-bond donors (Lipinski definition) is 0. The Labute approximate surface area is 181 Å². The van der Waals surface area contributed by atoms with Gasteiger partial charge in [-0.3, -0.25) is 9.69 Å². The Morgan fingerprint density at radius 3 is 2.67 bits per heavy atom. The lowest BCUT2D eigenvalue weighted by atomic mass is 10.2. The number of oxazole rings is 1. The maximum Gasteiger partial charge on any atom is 0.255 e. The van der Waals surface area contributed by atoms with Crippen LogP contribution in [0.3, 0.4) is 0 Å². The molecule has 0 saturated carbocycles. The van der Waals surface area contributed by atoms with E-state index in [1.54, 1.807) is 25.5 Å². The van der Waals surface area contributed by atoms with Crippen molar-refractivity contribution in [1.82, 2.24) is 14.8 Å². The molecule has 1 saturated heterocycles. The summed E-state index contributed by atoms with van der Waals surface area (Å²) in [5.41, 5.74) is 2.36. The highest BCUT2D eigenvalue weighted by atomic mass is 35.5. The summed E-state index contributed by atoms with van der Waals surface area (Å²) in [6, 6.07) is 14.8. The summed E-state index contributed by atoms with van der Waals surface area (Å²) in [6.07, 6.45) is 2.61. The molecule has 1 aliphatic rings. The predicted molar refractivity (Wildman–Crippen MR) is 116 cm³/mol. The SMILES string of the molecule is COc1ccc(-c2nc(CN3CCCN(C(=O)c4ccccc4Cl)CC3)co2)cc1. The van der Waals surface area contributed by atoms with Gasteiger partial charge in [0.1, 0.15) is 12.0 Å². The van der Waals surface area contributed by atoms with Crippen LogP contribution in [0.4, 0.5) is 0 Å².